The number of para-hydroxylation sites is 1. The molecule has 160 valence electrons. The van der Waals surface area contributed by atoms with Gasteiger partial charge < -0.3 is 20.9 Å². The second kappa shape index (κ2) is 11.4. The minimum Gasteiger partial charge on any atom is -0.355 e. The number of hydrogen-bond donors (Lipinski definition) is 3. The Morgan fingerprint density at radius 3 is 2.41 bits per heavy atom. The predicted molar refractivity (Wildman–Crippen MR) is 114 cm³/mol. The van der Waals surface area contributed by atoms with Crippen LogP contribution in [-0.2, 0) is 9.59 Å². The molecule has 3 N–H and O–H groups in total. The minimum absolute atomic E-state index is 0.00610. The van der Waals surface area contributed by atoms with Crippen LogP contribution in [0.3, 0.4) is 0 Å². The third-order valence-corrected chi connectivity index (χ3v) is 4.89. The maximum absolute atomic E-state index is 13.1. The van der Waals surface area contributed by atoms with Crippen molar-refractivity contribution in [2.24, 2.45) is 5.92 Å². The number of benzene rings is 1. The molecule has 1 saturated heterocycles. The van der Waals surface area contributed by atoms with Crippen LogP contribution >= 0.6 is 0 Å². The van der Waals surface area contributed by atoms with Crippen LogP contribution in [0, 0.1) is 5.92 Å². The van der Waals surface area contributed by atoms with Gasteiger partial charge in [-0.15, -0.1) is 0 Å². The van der Waals surface area contributed by atoms with Crippen LogP contribution in [0.4, 0.5) is 10.5 Å². The van der Waals surface area contributed by atoms with E-state index in [2.05, 4.69) is 20.9 Å². The molecular weight excluding hydrogens is 370 g/mol. The van der Waals surface area contributed by atoms with Gasteiger partial charge in [0.2, 0.25) is 11.8 Å². The van der Waals surface area contributed by atoms with Crippen LogP contribution in [-0.4, -0.2) is 73.0 Å². The first-order valence-electron chi connectivity index (χ1n) is 10.3. The summed E-state index contributed by atoms with van der Waals surface area (Å²) in [5, 5.41) is 8.39. The van der Waals surface area contributed by atoms with Crippen molar-refractivity contribution >= 4 is 23.5 Å². The molecule has 29 heavy (non-hydrogen) atoms. The monoisotopic (exact) mass is 403 g/mol. The summed E-state index contributed by atoms with van der Waals surface area (Å²) in [5.41, 5.74) is 0.677. The molecule has 8 nitrogen and oxygen atoms in total. The molecule has 1 unspecified atom stereocenters. The average Bonchev–Trinajstić information content (AvgIpc) is 2.92. The van der Waals surface area contributed by atoms with Crippen molar-refractivity contribution < 1.29 is 14.4 Å². The van der Waals surface area contributed by atoms with E-state index in [0.717, 1.165) is 13.0 Å². The molecule has 1 aromatic rings. The molecule has 2 rings (SSSR count). The van der Waals surface area contributed by atoms with E-state index in [4.69, 9.17) is 0 Å². The molecule has 8 heteroatoms. The average molecular weight is 404 g/mol. The van der Waals surface area contributed by atoms with Gasteiger partial charge in [0.05, 0.1) is 6.54 Å². The number of carbonyl (C=O) groups excluding carboxylic acids is 3. The van der Waals surface area contributed by atoms with Crippen molar-refractivity contribution in [3.8, 4) is 0 Å². The summed E-state index contributed by atoms with van der Waals surface area (Å²) in [7, 11) is 0. The van der Waals surface area contributed by atoms with Crippen molar-refractivity contribution in [1.82, 2.24) is 20.4 Å². The van der Waals surface area contributed by atoms with Crippen LogP contribution in [0.15, 0.2) is 30.3 Å². The summed E-state index contributed by atoms with van der Waals surface area (Å²) in [6.45, 7) is 9.28. The van der Waals surface area contributed by atoms with Gasteiger partial charge in [-0.25, -0.2) is 4.79 Å². The molecule has 0 saturated carbocycles. The highest BCUT2D eigenvalue weighted by Gasteiger charge is 2.30. The molecule has 1 atom stereocenters. The first-order valence-corrected chi connectivity index (χ1v) is 10.3. The lowest BCUT2D eigenvalue weighted by molar-refractivity contribution is -0.134. The Balaban J connectivity index is 1.92. The van der Waals surface area contributed by atoms with Crippen LogP contribution < -0.4 is 16.0 Å². The largest absolute Gasteiger partial charge is 0.355 e. The van der Waals surface area contributed by atoms with E-state index >= 15 is 0 Å². The predicted octanol–water partition coefficient (Wildman–Crippen LogP) is 1.50. The highest BCUT2D eigenvalue weighted by Crippen LogP contribution is 2.11. The minimum atomic E-state index is -0.603. The standard InChI is InChI=1S/C21H33N5O3/c1-4-22-18(27)15-25-11-8-12-26(14-13-25)20(28)19(16(2)3)24-21(29)23-17-9-6-5-7-10-17/h5-7,9-10,16,19H,4,8,11-15H2,1-3H3,(H,22,27)(H2,23,24,29). The number of nitrogens with zero attached hydrogens (tertiary/aromatic N) is 2. The molecule has 1 aromatic carbocycles. The molecule has 1 fully saturated rings. The number of nitrogens with one attached hydrogen (secondary N) is 3. The third kappa shape index (κ3) is 7.38. The Labute approximate surface area is 173 Å². The highest BCUT2D eigenvalue weighted by molar-refractivity contribution is 5.93. The van der Waals surface area contributed by atoms with E-state index in [0.29, 0.717) is 38.4 Å². The number of rotatable bonds is 7. The Bertz CT molecular complexity index is 680. The molecule has 1 aliphatic rings. The molecule has 1 heterocycles. The number of hydrogen-bond acceptors (Lipinski definition) is 4. The fourth-order valence-electron chi connectivity index (χ4n) is 3.35. The summed E-state index contributed by atoms with van der Waals surface area (Å²) in [4.78, 5) is 41.2. The number of amides is 4. The molecule has 0 radical (unpaired) electrons. The van der Waals surface area contributed by atoms with Gasteiger partial charge in [-0.1, -0.05) is 32.0 Å². The van der Waals surface area contributed by atoms with Crippen molar-refractivity contribution in [3.05, 3.63) is 30.3 Å². The maximum Gasteiger partial charge on any atom is 0.319 e. The van der Waals surface area contributed by atoms with Gasteiger partial charge in [-0.05, 0) is 31.4 Å². The number of likely N-dealkylation sites (N-methyl/N-ethyl adjacent to an activating group) is 1. The Hall–Kier alpha value is -2.61. The van der Waals surface area contributed by atoms with E-state index in [1.807, 2.05) is 39.0 Å². The summed E-state index contributed by atoms with van der Waals surface area (Å²) in [6, 6.07) is 8.14. The zero-order valence-corrected chi connectivity index (χ0v) is 17.6. The molecule has 1 aliphatic heterocycles. The highest BCUT2D eigenvalue weighted by atomic mass is 16.2. The van der Waals surface area contributed by atoms with E-state index in [-0.39, 0.29) is 17.7 Å². The lowest BCUT2D eigenvalue weighted by Gasteiger charge is -2.29. The van der Waals surface area contributed by atoms with Crippen molar-refractivity contribution in [2.45, 2.75) is 33.2 Å². The first-order chi connectivity index (χ1) is 13.9. The second-order valence-corrected chi connectivity index (χ2v) is 7.59. The van der Waals surface area contributed by atoms with Crippen LogP contribution in [0.25, 0.3) is 0 Å². The lowest BCUT2D eigenvalue weighted by Crippen LogP contribution is -2.53. The smallest absolute Gasteiger partial charge is 0.319 e. The third-order valence-electron chi connectivity index (χ3n) is 4.89. The quantitative estimate of drug-likeness (QED) is 0.643. The number of anilines is 1. The summed E-state index contributed by atoms with van der Waals surface area (Å²) in [6.07, 6.45) is 0.798. The fourth-order valence-corrected chi connectivity index (χ4v) is 3.35. The summed E-state index contributed by atoms with van der Waals surface area (Å²) in [5.74, 6) is -0.117. The van der Waals surface area contributed by atoms with Crippen LogP contribution in [0.1, 0.15) is 27.2 Å². The van der Waals surface area contributed by atoms with Crippen molar-refractivity contribution in [1.29, 1.82) is 0 Å². The zero-order valence-electron chi connectivity index (χ0n) is 17.6. The van der Waals surface area contributed by atoms with Gasteiger partial charge in [-0.3, -0.25) is 14.5 Å². The summed E-state index contributed by atoms with van der Waals surface area (Å²) < 4.78 is 0. The molecular formula is C21H33N5O3. The molecule has 0 aliphatic carbocycles. The SMILES string of the molecule is CCNC(=O)CN1CCCN(C(=O)C(NC(=O)Nc2ccccc2)C(C)C)CC1. The van der Waals surface area contributed by atoms with Gasteiger partial charge >= 0.3 is 6.03 Å². The van der Waals surface area contributed by atoms with E-state index < -0.39 is 12.1 Å². The topological polar surface area (TPSA) is 93.8 Å². The fraction of sp³-hybridized carbons (Fsp3) is 0.571. The Morgan fingerprint density at radius 1 is 1.03 bits per heavy atom. The van der Waals surface area contributed by atoms with E-state index in [9.17, 15) is 14.4 Å². The molecule has 4 amide bonds. The molecule has 0 bridgehead atoms. The van der Waals surface area contributed by atoms with Gasteiger partial charge in [-0.2, -0.15) is 0 Å². The van der Waals surface area contributed by atoms with Crippen molar-refractivity contribution in [2.75, 3.05) is 44.6 Å². The van der Waals surface area contributed by atoms with Gasteiger partial charge in [0.15, 0.2) is 0 Å². The lowest BCUT2D eigenvalue weighted by atomic mass is 10.0. The van der Waals surface area contributed by atoms with Crippen LogP contribution in [0.5, 0.6) is 0 Å². The Morgan fingerprint density at radius 2 is 1.76 bits per heavy atom. The zero-order chi connectivity index (χ0) is 21.2. The van der Waals surface area contributed by atoms with Gasteiger partial charge in [0.25, 0.3) is 0 Å². The van der Waals surface area contributed by atoms with E-state index in [1.165, 1.54) is 0 Å². The van der Waals surface area contributed by atoms with Gasteiger partial charge in [0, 0.05) is 38.4 Å². The van der Waals surface area contributed by atoms with Crippen LogP contribution in [0.2, 0.25) is 0 Å². The molecule has 0 aromatic heterocycles. The summed E-state index contributed by atoms with van der Waals surface area (Å²) >= 11 is 0. The molecule has 0 spiro atoms. The van der Waals surface area contributed by atoms with E-state index in [1.54, 1.807) is 17.0 Å². The van der Waals surface area contributed by atoms with Crippen molar-refractivity contribution in [3.63, 3.8) is 0 Å². The second-order valence-electron chi connectivity index (χ2n) is 7.59. The normalized spacial score (nSPS) is 16.1. The van der Waals surface area contributed by atoms with Gasteiger partial charge in [0.1, 0.15) is 6.04 Å². The Kier molecular flexibility index (Phi) is 8.92. The maximum atomic E-state index is 13.1. The first kappa shape index (κ1) is 22.7. The number of carbonyl (C=O) groups is 3. The number of urea groups is 1.